The monoisotopic (exact) mass is 322 g/mol. The number of pyridine rings is 1. The summed E-state index contributed by atoms with van der Waals surface area (Å²) < 4.78 is 0. The number of hydrogen-bond acceptors (Lipinski definition) is 3. The number of fused-ring (bicyclic) bond motifs is 1. The van der Waals surface area contributed by atoms with E-state index in [1.807, 2.05) is 67.6 Å². The van der Waals surface area contributed by atoms with Crippen LogP contribution in [0.5, 0.6) is 0 Å². The molecule has 0 fully saturated rings. The Labute approximate surface area is 140 Å². The van der Waals surface area contributed by atoms with Gasteiger partial charge in [0.05, 0.1) is 17.3 Å². The first-order chi connectivity index (χ1) is 11.2. The van der Waals surface area contributed by atoms with E-state index in [1.54, 1.807) is 6.20 Å². The number of aromatic nitrogens is 1. The predicted molar refractivity (Wildman–Crippen MR) is 95.5 cm³/mol. The Balaban J connectivity index is 1.62. The minimum atomic E-state index is 0.00921. The number of hydrogen-bond donors (Lipinski definition) is 1. The number of nitrogens with zero attached hydrogens (tertiary/aromatic N) is 1. The summed E-state index contributed by atoms with van der Waals surface area (Å²) in [6, 6.07) is 20.0. The van der Waals surface area contributed by atoms with E-state index in [4.69, 9.17) is 0 Å². The number of rotatable bonds is 5. The fraction of sp³-hybridized carbons (Fsp3) is 0.158. The van der Waals surface area contributed by atoms with Crippen LogP contribution in [0.25, 0.3) is 10.9 Å². The molecule has 1 amide bonds. The van der Waals surface area contributed by atoms with Gasteiger partial charge in [-0.05, 0) is 24.6 Å². The van der Waals surface area contributed by atoms with Gasteiger partial charge in [0, 0.05) is 16.5 Å². The molecule has 0 aliphatic carbocycles. The Morgan fingerprint density at radius 2 is 1.87 bits per heavy atom. The highest BCUT2D eigenvalue weighted by Gasteiger charge is 2.10. The van der Waals surface area contributed by atoms with Crippen LogP contribution in [0, 0.1) is 0 Å². The third kappa shape index (κ3) is 3.90. The smallest absolute Gasteiger partial charge is 0.230 e. The summed E-state index contributed by atoms with van der Waals surface area (Å²) >= 11 is 1.52. The van der Waals surface area contributed by atoms with Gasteiger partial charge < -0.3 is 5.32 Å². The van der Waals surface area contributed by atoms with Crippen LogP contribution in [-0.2, 0) is 4.79 Å². The van der Waals surface area contributed by atoms with Crippen LogP contribution < -0.4 is 5.32 Å². The van der Waals surface area contributed by atoms with Gasteiger partial charge in [-0.3, -0.25) is 9.78 Å². The number of carbonyl (C=O) groups is 1. The lowest BCUT2D eigenvalue weighted by Gasteiger charge is -2.14. The van der Waals surface area contributed by atoms with Crippen LogP contribution in [0.4, 0.5) is 0 Å². The largest absolute Gasteiger partial charge is 0.349 e. The number of benzene rings is 2. The molecule has 0 unspecified atom stereocenters. The highest BCUT2D eigenvalue weighted by atomic mass is 32.2. The molecule has 3 nitrogen and oxygen atoms in total. The van der Waals surface area contributed by atoms with E-state index in [-0.39, 0.29) is 11.9 Å². The van der Waals surface area contributed by atoms with E-state index in [2.05, 4.69) is 10.3 Å². The lowest BCUT2D eigenvalue weighted by molar-refractivity contribution is -0.119. The second kappa shape index (κ2) is 7.29. The highest BCUT2D eigenvalue weighted by molar-refractivity contribution is 8.00. The number of nitrogens with one attached hydrogen (secondary N) is 1. The zero-order valence-electron chi connectivity index (χ0n) is 12.9. The normalized spacial score (nSPS) is 12.0. The summed E-state index contributed by atoms with van der Waals surface area (Å²) in [7, 11) is 0. The van der Waals surface area contributed by atoms with Gasteiger partial charge >= 0.3 is 0 Å². The van der Waals surface area contributed by atoms with Crippen molar-refractivity contribution in [2.24, 2.45) is 0 Å². The molecule has 3 rings (SSSR count). The quantitative estimate of drug-likeness (QED) is 0.716. The molecule has 1 atom stereocenters. The summed E-state index contributed by atoms with van der Waals surface area (Å²) in [5, 5.41) is 4.13. The van der Waals surface area contributed by atoms with Gasteiger partial charge in [0.25, 0.3) is 0 Å². The number of carbonyl (C=O) groups excluding carboxylic acids is 1. The first kappa shape index (κ1) is 15.6. The summed E-state index contributed by atoms with van der Waals surface area (Å²) in [5.41, 5.74) is 2.06. The Morgan fingerprint density at radius 1 is 1.09 bits per heavy atom. The van der Waals surface area contributed by atoms with Gasteiger partial charge in [-0.25, -0.2) is 0 Å². The Hall–Kier alpha value is -2.33. The number of amides is 1. The number of para-hydroxylation sites is 1. The summed E-state index contributed by atoms with van der Waals surface area (Å²) in [4.78, 5) is 17.6. The van der Waals surface area contributed by atoms with Crippen molar-refractivity contribution in [1.29, 1.82) is 0 Å². The van der Waals surface area contributed by atoms with Gasteiger partial charge in [0.1, 0.15) is 0 Å². The van der Waals surface area contributed by atoms with Crippen molar-refractivity contribution in [3.8, 4) is 0 Å². The number of thioether (sulfide) groups is 1. The Morgan fingerprint density at radius 3 is 2.70 bits per heavy atom. The molecule has 0 spiro atoms. The second-order valence-electron chi connectivity index (χ2n) is 5.32. The third-order valence-electron chi connectivity index (χ3n) is 3.63. The van der Waals surface area contributed by atoms with E-state index >= 15 is 0 Å². The van der Waals surface area contributed by atoms with Crippen LogP contribution >= 0.6 is 11.8 Å². The highest BCUT2D eigenvalue weighted by Crippen LogP contribution is 2.26. The second-order valence-corrected chi connectivity index (χ2v) is 6.34. The Kier molecular flexibility index (Phi) is 4.93. The van der Waals surface area contributed by atoms with E-state index in [0.29, 0.717) is 5.75 Å². The summed E-state index contributed by atoms with van der Waals surface area (Å²) in [6.07, 6.45) is 1.78. The molecule has 2 aromatic carbocycles. The van der Waals surface area contributed by atoms with Crippen molar-refractivity contribution in [2.75, 3.05) is 5.75 Å². The zero-order chi connectivity index (χ0) is 16.1. The minimum Gasteiger partial charge on any atom is -0.349 e. The van der Waals surface area contributed by atoms with Crippen molar-refractivity contribution in [3.05, 3.63) is 72.4 Å². The first-order valence-electron chi connectivity index (χ1n) is 7.55. The van der Waals surface area contributed by atoms with Crippen molar-refractivity contribution < 1.29 is 4.79 Å². The molecule has 0 aliphatic rings. The van der Waals surface area contributed by atoms with Gasteiger partial charge in [0.2, 0.25) is 5.91 Å². The molecule has 1 N–H and O–H groups in total. The Bertz CT molecular complexity index is 799. The standard InChI is InChI=1S/C19H18N2OS/c1-14(15-7-3-2-4-8-15)21-18(22)13-23-17-11-5-9-16-10-6-12-20-19(16)17/h2-12,14H,13H2,1H3,(H,21,22)/t14-/m1/s1. The first-order valence-corrected chi connectivity index (χ1v) is 8.53. The average molecular weight is 322 g/mol. The van der Waals surface area contributed by atoms with Gasteiger partial charge in [-0.1, -0.05) is 48.5 Å². The lowest BCUT2D eigenvalue weighted by atomic mass is 10.1. The van der Waals surface area contributed by atoms with Gasteiger partial charge in [-0.2, -0.15) is 0 Å². The maximum atomic E-state index is 12.2. The molecular formula is C19H18N2OS. The molecule has 23 heavy (non-hydrogen) atoms. The van der Waals surface area contributed by atoms with Crippen LogP contribution in [0.3, 0.4) is 0 Å². The molecule has 0 aliphatic heterocycles. The molecule has 0 bridgehead atoms. The molecule has 0 radical (unpaired) electrons. The molecular weight excluding hydrogens is 304 g/mol. The fourth-order valence-corrected chi connectivity index (χ4v) is 3.30. The molecule has 0 saturated carbocycles. The predicted octanol–water partition coefficient (Wildman–Crippen LogP) is 4.20. The van der Waals surface area contributed by atoms with Crippen LogP contribution in [0.2, 0.25) is 0 Å². The summed E-state index contributed by atoms with van der Waals surface area (Å²) in [5.74, 6) is 0.409. The molecule has 1 heterocycles. The van der Waals surface area contributed by atoms with Gasteiger partial charge in [-0.15, -0.1) is 11.8 Å². The van der Waals surface area contributed by atoms with Crippen molar-refractivity contribution in [3.63, 3.8) is 0 Å². The van der Waals surface area contributed by atoms with Crippen LogP contribution in [0.15, 0.2) is 71.8 Å². The van der Waals surface area contributed by atoms with E-state index in [9.17, 15) is 4.79 Å². The SMILES string of the molecule is C[C@@H](NC(=O)CSc1cccc2cccnc12)c1ccccc1. The molecule has 1 aromatic heterocycles. The van der Waals surface area contributed by atoms with Crippen LogP contribution in [0.1, 0.15) is 18.5 Å². The molecule has 0 saturated heterocycles. The van der Waals surface area contributed by atoms with E-state index in [0.717, 1.165) is 21.4 Å². The lowest BCUT2D eigenvalue weighted by Crippen LogP contribution is -2.28. The third-order valence-corrected chi connectivity index (χ3v) is 4.68. The van der Waals surface area contributed by atoms with Crippen molar-refractivity contribution in [1.82, 2.24) is 10.3 Å². The van der Waals surface area contributed by atoms with Crippen LogP contribution in [-0.4, -0.2) is 16.6 Å². The minimum absolute atomic E-state index is 0.00921. The van der Waals surface area contributed by atoms with Crippen molar-refractivity contribution in [2.45, 2.75) is 17.9 Å². The maximum absolute atomic E-state index is 12.2. The average Bonchev–Trinajstić information content (AvgIpc) is 2.60. The topological polar surface area (TPSA) is 42.0 Å². The van der Waals surface area contributed by atoms with Crippen molar-refractivity contribution >= 4 is 28.6 Å². The summed E-state index contributed by atoms with van der Waals surface area (Å²) in [6.45, 7) is 2.00. The maximum Gasteiger partial charge on any atom is 0.230 e. The molecule has 3 aromatic rings. The fourth-order valence-electron chi connectivity index (χ4n) is 2.44. The molecule has 116 valence electrons. The van der Waals surface area contributed by atoms with E-state index in [1.165, 1.54) is 11.8 Å². The zero-order valence-corrected chi connectivity index (χ0v) is 13.7. The van der Waals surface area contributed by atoms with E-state index < -0.39 is 0 Å². The molecule has 4 heteroatoms. The van der Waals surface area contributed by atoms with Gasteiger partial charge in [0.15, 0.2) is 0 Å².